The third-order valence-electron chi connectivity index (χ3n) is 2.13. The Labute approximate surface area is 106 Å². The number of carbonyl (C=O) groups is 1. The first-order chi connectivity index (χ1) is 8.71. The predicted molar refractivity (Wildman–Crippen MR) is 66.0 cm³/mol. The molecule has 0 fully saturated rings. The van der Waals surface area contributed by atoms with Gasteiger partial charge in [0.2, 0.25) is 0 Å². The van der Waals surface area contributed by atoms with Crippen LogP contribution in [0.5, 0.6) is 0 Å². The Kier molecular flexibility index (Phi) is 5.15. The fourth-order valence-corrected chi connectivity index (χ4v) is 1.23. The number of hydrogen-bond acceptors (Lipinski definition) is 4. The summed E-state index contributed by atoms with van der Waals surface area (Å²) in [5.74, 6) is -0.622. The molecule has 90 valence electrons. The summed E-state index contributed by atoms with van der Waals surface area (Å²) in [4.78, 5) is 11.5. The molecular weight excluding hydrogens is 228 g/mol. The Bertz CT molecular complexity index is 530. The van der Waals surface area contributed by atoms with Crippen molar-refractivity contribution in [3.8, 4) is 12.1 Å². The Hall–Kier alpha value is -2.59. The first-order valence-electron chi connectivity index (χ1n) is 5.50. The van der Waals surface area contributed by atoms with Crippen molar-refractivity contribution in [2.45, 2.75) is 13.3 Å². The van der Waals surface area contributed by atoms with E-state index >= 15 is 0 Å². The monoisotopic (exact) mass is 240 g/mol. The number of rotatable bonds is 4. The van der Waals surface area contributed by atoms with E-state index in [9.17, 15) is 4.79 Å². The van der Waals surface area contributed by atoms with E-state index in [-0.39, 0.29) is 5.57 Å². The molecule has 0 aromatic heterocycles. The molecule has 0 aliphatic heterocycles. The lowest BCUT2D eigenvalue weighted by atomic mass is 10.1. The number of ether oxygens (including phenoxy) is 1. The van der Waals surface area contributed by atoms with Crippen LogP contribution in [-0.2, 0) is 9.53 Å². The fourth-order valence-electron chi connectivity index (χ4n) is 1.23. The molecule has 4 heteroatoms. The highest BCUT2D eigenvalue weighted by atomic mass is 16.5. The van der Waals surface area contributed by atoms with Gasteiger partial charge in [0.15, 0.2) is 0 Å². The number of nitrogens with zero attached hydrogens (tertiary/aromatic N) is 2. The summed E-state index contributed by atoms with van der Waals surface area (Å²) in [7, 11) is 0. The molecule has 4 nitrogen and oxygen atoms in total. The van der Waals surface area contributed by atoms with Crippen molar-refractivity contribution in [3.63, 3.8) is 0 Å². The van der Waals surface area contributed by atoms with Crippen molar-refractivity contribution in [2.24, 2.45) is 0 Å². The first kappa shape index (κ1) is 13.5. The largest absolute Gasteiger partial charge is 0.462 e. The standard InChI is InChI=1S/C14H12N2O2/c1-2-7-18-14(17)13(10-16)8-11-3-5-12(9-15)6-4-11/h3-6,8H,2,7H2,1H3. The summed E-state index contributed by atoms with van der Waals surface area (Å²) in [5, 5.41) is 17.5. The highest BCUT2D eigenvalue weighted by Crippen LogP contribution is 2.09. The van der Waals surface area contributed by atoms with E-state index < -0.39 is 5.97 Å². The molecule has 0 saturated heterocycles. The van der Waals surface area contributed by atoms with Gasteiger partial charge in [0.05, 0.1) is 18.2 Å². The van der Waals surface area contributed by atoms with Gasteiger partial charge in [-0.15, -0.1) is 0 Å². The Morgan fingerprint density at radius 3 is 2.50 bits per heavy atom. The topological polar surface area (TPSA) is 73.9 Å². The van der Waals surface area contributed by atoms with E-state index in [4.69, 9.17) is 15.3 Å². The zero-order valence-corrected chi connectivity index (χ0v) is 10.0. The maximum absolute atomic E-state index is 11.5. The van der Waals surface area contributed by atoms with Gasteiger partial charge >= 0.3 is 5.97 Å². The molecule has 0 saturated carbocycles. The second kappa shape index (κ2) is 6.88. The van der Waals surface area contributed by atoms with Gasteiger partial charge in [-0.1, -0.05) is 19.1 Å². The van der Waals surface area contributed by atoms with Gasteiger partial charge in [-0.3, -0.25) is 0 Å². The maximum atomic E-state index is 11.5. The van der Waals surface area contributed by atoms with Crippen molar-refractivity contribution in [1.29, 1.82) is 10.5 Å². The summed E-state index contributed by atoms with van der Waals surface area (Å²) in [6.07, 6.45) is 2.15. The van der Waals surface area contributed by atoms with E-state index in [0.29, 0.717) is 24.2 Å². The molecule has 0 bridgehead atoms. The smallest absolute Gasteiger partial charge is 0.348 e. The predicted octanol–water partition coefficient (Wildman–Crippen LogP) is 2.42. The number of nitriles is 2. The lowest BCUT2D eigenvalue weighted by Crippen LogP contribution is -2.07. The van der Waals surface area contributed by atoms with Gasteiger partial charge in [-0.2, -0.15) is 10.5 Å². The average Bonchev–Trinajstić information content (AvgIpc) is 2.42. The van der Waals surface area contributed by atoms with E-state index in [1.54, 1.807) is 24.3 Å². The van der Waals surface area contributed by atoms with Crippen molar-refractivity contribution in [3.05, 3.63) is 41.0 Å². The first-order valence-corrected chi connectivity index (χ1v) is 5.50. The lowest BCUT2D eigenvalue weighted by Gasteiger charge is -2.01. The van der Waals surface area contributed by atoms with Crippen LogP contribution in [0.1, 0.15) is 24.5 Å². The number of benzene rings is 1. The minimum absolute atomic E-state index is 0.0480. The highest BCUT2D eigenvalue weighted by molar-refractivity contribution is 5.97. The van der Waals surface area contributed by atoms with E-state index in [0.717, 1.165) is 0 Å². The minimum atomic E-state index is -0.622. The normalized spacial score (nSPS) is 10.3. The lowest BCUT2D eigenvalue weighted by molar-refractivity contribution is -0.138. The summed E-state index contributed by atoms with van der Waals surface area (Å²) in [6.45, 7) is 2.18. The van der Waals surface area contributed by atoms with Crippen LogP contribution >= 0.6 is 0 Å². The van der Waals surface area contributed by atoms with Crippen molar-refractivity contribution in [2.75, 3.05) is 6.61 Å². The highest BCUT2D eigenvalue weighted by Gasteiger charge is 2.09. The molecule has 1 rings (SSSR count). The molecule has 0 unspecified atom stereocenters. The summed E-state index contributed by atoms with van der Waals surface area (Å²) in [5.41, 5.74) is 1.16. The van der Waals surface area contributed by atoms with Crippen molar-refractivity contribution in [1.82, 2.24) is 0 Å². The van der Waals surface area contributed by atoms with Crippen LogP contribution in [0.15, 0.2) is 29.8 Å². The fraction of sp³-hybridized carbons (Fsp3) is 0.214. The molecule has 0 heterocycles. The Morgan fingerprint density at radius 2 is 2.00 bits per heavy atom. The third kappa shape index (κ3) is 3.77. The minimum Gasteiger partial charge on any atom is -0.462 e. The maximum Gasteiger partial charge on any atom is 0.348 e. The molecule has 0 spiro atoms. The van der Waals surface area contributed by atoms with Crippen LogP contribution in [0.2, 0.25) is 0 Å². The van der Waals surface area contributed by atoms with Gasteiger partial charge in [0.25, 0.3) is 0 Å². The second-order valence-electron chi connectivity index (χ2n) is 3.54. The number of esters is 1. The van der Waals surface area contributed by atoms with Crippen LogP contribution in [-0.4, -0.2) is 12.6 Å². The van der Waals surface area contributed by atoms with Crippen LogP contribution in [0.4, 0.5) is 0 Å². The van der Waals surface area contributed by atoms with Gasteiger partial charge in [-0.25, -0.2) is 4.79 Å². The van der Waals surface area contributed by atoms with Gasteiger partial charge in [0.1, 0.15) is 11.6 Å². The van der Waals surface area contributed by atoms with Crippen LogP contribution < -0.4 is 0 Å². The van der Waals surface area contributed by atoms with E-state index in [2.05, 4.69) is 0 Å². The van der Waals surface area contributed by atoms with Crippen LogP contribution in [0.3, 0.4) is 0 Å². The number of carbonyl (C=O) groups excluding carboxylic acids is 1. The zero-order valence-electron chi connectivity index (χ0n) is 10.0. The molecule has 0 aliphatic rings. The summed E-state index contributed by atoms with van der Waals surface area (Å²) >= 11 is 0. The number of hydrogen-bond donors (Lipinski definition) is 0. The van der Waals surface area contributed by atoms with E-state index in [1.807, 2.05) is 19.1 Å². The molecule has 1 aromatic carbocycles. The molecule has 0 atom stereocenters. The Balaban J connectivity index is 2.87. The zero-order chi connectivity index (χ0) is 13.4. The SMILES string of the molecule is CCCOC(=O)C(C#N)=Cc1ccc(C#N)cc1. The molecule has 0 aliphatic carbocycles. The summed E-state index contributed by atoms with van der Waals surface area (Å²) < 4.78 is 4.88. The quantitative estimate of drug-likeness (QED) is 0.460. The molecular formula is C14H12N2O2. The van der Waals surface area contributed by atoms with Crippen molar-refractivity contribution < 1.29 is 9.53 Å². The molecule has 0 radical (unpaired) electrons. The summed E-state index contributed by atoms with van der Waals surface area (Å²) in [6, 6.07) is 10.4. The molecule has 18 heavy (non-hydrogen) atoms. The van der Waals surface area contributed by atoms with Gasteiger partial charge in [0, 0.05) is 0 Å². The van der Waals surface area contributed by atoms with Crippen LogP contribution in [0, 0.1) is 22.7 Å². The van der Waals surface area contributed by atoms with Gasteiger partial charge in [-0.05, 0) is 30.2 Å². The second-order valence-corrected chi connectivity index (χ2v) is 3.54. The Morgan fingerprint density at radius 1 is 1.33 bits per heavy atom. The average molecular weight is 240 g/mol. The van der Waals surface area contributed by atoms with Crippen LogP contribution in [0.25, 0.3) is 6.08 Å². The molecule has 0 amide bonds. The van der Waals surface area contributed by atoms with Gasteiger partial charge < -0.3 is 4.74 Å². The van der Waals surface area contributed by atoms with E-state index in [1.165, 1.54) is 6.08 Å². The molecule has 1 aromatic rings. The molecule has 0 N–H and O–H groups in total. The third-order valence-corrected chi connectivity index (χ3v) is 2.13. The van der Waals surface area contributed by atoms with Crippen molar-refractivity contribution >= 4 is 12.0 Å².